The first-order valence-corrected chi connectivity index (χ1v) is 9.60. The van der Waals surface area contributed by atoms with Crippen molar-refractivity contribution in [3.8, 4) is 5.88 Å². The van der Waals surface area contributed by atoms with Gasteiger partial charge in [0.2, 0.25) is 10.9 Å². The molecular formula is C17H13ClF3N5O2S. The minimum Gasteiger partial charge on any atom is -0.480 e. The maximum absolute atomic E-state index is 13.0. The molecule has 3 aromatic rings. The number of methoxy groups -OCH3 is 1. The Morgan fingerprint density at radius 3 is 2.66 bits per heavy atom. The highest BCUT2D eigenvalue weighted by atomic mass is 35.5. The normalized spacial score (nSPS) is 14.1. The fourth-order valence-electron chi connectivity index (χ4n) is 2.83. The zero-order valence-electron chi connectivity index (χ0n) is 14.8. The molecule has 0 spiro atoms. The Balaban J connectivity index is 1.61. The van der Waals surface area contributed by atoms with E-state index in [2.05, 4.69) is 25.6 Å². The standard InChI is InChI=1S/C17H13ClF3N5O2S/c1-28-13-9(18)4-8(5-22-13)24-16(27)25-10-6-23-14-12(11(10)7-2-3-7)26-15(29-14)17(19,20)21/h4-7H,2-3H2,1H3,(H2,24,25,27). The van der Waals surface area contributed by atoms with Crippen LogP contribution in [0, 0.1) is 0 Å². The number of hydrogen-bond donors (Lipinski definition) is 2. The second kappa shape index (κ2) is 7.30. The van der Waals surface area contributed by atoms with E-state index in [0.29, 0.717) is 28.3 Å². The van der Waals surface area contributed by atoms with Crippen LogP contribution in [-0.4, -0.2) is 28.1 Å². The van der Waals surface area contributed by atoms with Crippen molar-refractivity contribution < 1.29 is 22.7 Å². The lowest BCUT2D eigenvalue weighted by Gasteiger charge is -2.12. The summed E-state index contributed by atoms with van der Waals surface area (Å²) in [6, 6.07) is 0.856. The van der Waals surface area contributed by atoms with Crippen LogP contribution in [0.25, 0.3) is 10.3 Å². The van der Waals surface area contributed by atoms with E-state index in [1.165, 1.54) is 25.6 Å². The average Bonchev–Trinajstić information content (AvgIpc) is 3.37. The van der Waals surface area contributed by atoms with E-state index >= 15 is 0 Å². The van der Waals surface area contributed by atoms with Crippen LogP contribution in [0.1, 0.15) is 29.3 Å². The van der Waals surface area contributed by atoms with Crippen LogP contribution in [0.4, 0.5) is 29.3 Å². The van der Waals surface area contributed by atoms with Gasteiger partial charge in [-0.15, -0.1) is 0 Å². The Morgan fingerprint density at radius 2 is 2.03 bits per heavy atom. The van der Waals surface area contributed by atoms with Crippen molar-refractivity contribution in [2.24, 2.45) is 0 Å². The zero-order valence-corrected chi connectivity index (χ0v) is 16.4. The molecule has 0 aliphatic heterocycles. The molecule has 3 heterocycles. The minimum atomic E-state index is -4.54. The summed E-state index contributed by atoms with van der Waals surface area (Å²) in [5.41, 5.74) is 1.40. The number of aromatic nitrogens is 3. The lowest BCUT2D eigenvalue weighted by Crippen LogP contribution is -2.20. The van der Waals surface area contributed by atoms with Crippen LogP contribution < -0.4 is 15.4 Å². The number of halogens is 4. The summed E-state index contributed by atoms with van der Waals surface area (Å²) in [6.07, 6.45) is -0.201. The van der Waals surface area contributed by atoms with Gasteiger partial charge in [0, 0.05) is 5.56 Å². The summed E-state index contributed by atoms with van der Waals surface area (Å²) < 4.78 is 44.0. The van der Waals surface area contributed by atoms with Crippen molar-refractivity contribution in [3.05, 3.63) is 34.1 Å². The largest absolute Gasteiger partial charge is 0.480 e. The topological polar surface area (TPSA) is 89.0 Å². The zero-order chi connectivity index (χ0) is 20.8. The summed E-state index contributed by atoms with van der Waals surface area (Å²) in [7, 11) is 1.42. The van der Waals surface area contributed by atoms with Gasteiger partial charge in [0.05, 0.1) is 30.9 Å². The van der Waals surface area contributed by atoms with E-state index < -0.39 is 17.2 Å². The van der Waals surface area contributed by atoms with Crippen LogP contribution in [-0.2, 0) is 6.18 Å². The summed E-state index contributed by atoms with van der Waals surface area (Å²) in [5, 5.41) is 4.47. The van der Waals surface area contributed by atoms with Gasteiger partial charge in [-0.2, -0.15) is 13.2 Å². The number of carbonyl (C=O) groups excluding carboxylic acids is 1. The van der Waals surface area contributed by atoms with Crippen LogP contribution >= 0.6 is 22.9 Å². The van der Waals surface area contributed by atoms with Gasteiger partial charge in [-0.25, -0.2) is 19.7 Å². The second-order valence-corrected chi connectivity index (χ2v) is 7.71. The molecule has 12 heteroatoms. The van der Waals surface area contributed by atoms with Crippen molar-refractivity contribution in [3.63, 3.8) is 0 Å². The molecule has 29 heavy (non-hydrogen) atoms. The van der Waals surface area contributed by atoms with Crippen LogP contribution in [0.2, 0.25) is 5.02 Å². The number of urea groups is 1. The molecule has 152 valence electrons. The Kier molecular flexibility index (Phi) is 4.95. The number of alkyl halides is 3. The highest BCUT2D eigenvalue weighted by Gasteiger charge is 2.37. The molecule has 1 fully saturated rings. The lowest BCUT2D eigenvalue weighted by molar-refractivity contribution is -0.137. The van der Waals surface area contributed by atoms with E-state index in [0.717, 1.165) is 12.8 Å². The third kappa shape index (κ3) is 4.06. The summed E-state index contributed by atoms with van der Waals surface area (Å²) in [5.74, 6) is 0.253. The highest BCUT2D eigenvalue weighted by Crippen LogP contribution is 2.47. The number of anilines is 2. The Morgan fingerprint density at radius 1 is 1.28 bits per heavy atom. The number of thiazole rings is 1. The Hall–Kier alpha value is -2.66. The summed E-state index contributed by atoms with van der Waals surface area (Å²) in [4.78, 5) is 24.3. The molecule has 0 unspecified atom stereocenters. The highest BCUT2D eigenvalue weighted by molar-refractivity contribution is 7.18. The molecule has 0 bridgehead atoms. The van der Waals surface area contributed by atoms with Gasteiger partial charge in [0.25, 0.3) is 0 Å². The number of fused-ring (bicyclic) bond motifs is 1. The molecule has 0 aromatic carbocycles. The van der Waals surface area contributed by atoms with E-state index in [4.69, 9.17) is 16.3 Å². The monoisotopic (exact) mass is 443 g/mol. The first-order valence-electron chi connectivity index (χ1n) is 8.40. The number of carbonyl (C=O) groups is 1. The predicted molar refractivity (Wildman–Crippen MR) is 103 cm³/mol. The van der Waals surface area contributed by atoms with Gasteiger partial charge in [0.1, 0.15) is 15.4 Å². The lowest BCUT2D eigenvalue weighted by atomic mass is 10.1. The molecular weight excluding hydrogens is 431 g/mol. The van der Waals surface area contributed by atoms with Crippen LogP contribution in [0.15, 0.2) is 18.5 Å². The van der Waals surface area contributed by atoms with Crippen molar-refractivity contribution in [1.29, 1.82) is 0 Å². The van der Waals surface area contributed by atoms with Gasteiger partial charge in [-0.1, -0.05) is 22.9 Å². The SMILES string of the molecule is COc1ncc(NC(=O)Nc2cnc3sc(C(F)(F)F)nc3c2C2CC2)cc1Cl. The van der Waals surface area contributed by atoms with Crippen molar-refractivity contribution in [2.45, 2.75) is 24.9 Å². The molecule has 2 N–H and O–H groups in total. The fourth-order valence-corrected chi connectivity index (χ4v) is 3.87. The average molecular weight is 444 g/mol. The van der Waals surface area contributed by atoms with E-state index in [1.807, 2.05) is 0 Å². The summed E-state index contributed by atoms with van der Waals surface area (Å²) in [6.45, 7) is 0. The first-order chi connectivity index (χ1) is 13.8. The third-order valence-corrected chi connectivity index (χ3v) is 5.48. The molecule has 1 aliphatic carbocycles. The Bertz CT molecular complexity index is 1100. The molecule has 2 amide bonds. The molecule has 1 aliphatic rings. The fraction of sp³-hybridized carbons (Fsp3) is 0.294. The van der Waals surface area contributed by atoms with Gasteiger partial charge < -0.3 is 15.4 Å². The maximum Gasteiger partial charge on any atom is 0.443 e. The number of pyridine rings is 2. The van der Waals surface area contributed by atoms with E-state index in [9.17, 15) is 18.0 Å². The Labute approximate surface area is 171 Å². The summed E-state index contributed by atoms with van der Waals surface area (Å²) >= 11 is 6.47. The van der Waals surface area contributed by atoms with Crippen molar-refractivity contribution in [2.75, 3.05) is 17.7 Å². The molecule has 0 saturated heterocycles. The van der Waals surface area contributed by atoms with Gasteiger partial charge in [-0.3, -0.25) is 0 Å². The smallest absolute Gasteiger partial charge is 0.443 e. The molecule has 4 rings (SSSR count). The third-order valence-electron chi connectivity index (χ3n) is 4.20. The molecule has 7 nitrogen and oxygen atoms in total. The predicted octanol–water partition coefficient (Wildman–Crippen LogP) is 5.29. The number of amides is 2. The number of nitrogens with one attached hydrogen (secondary N) is 2. The second-order valence-electron chi connectivity index (χ2n) is 6.32. The minimum absolute atomic E-state index is 0.0380. The quantitative estimate of drug-likeness (QED) is 0.572. The number of hydrogen-bond acceptors (Lipinski definition) is 6. The van der Waals surface area contributed by atoms with E-state index in [-0.39, 0.29) is 27.2 Å². The van der Waals surface area contributed by atoms with Crippen LogP contribution in [0.3, 0.4) is 0 Å². The maximum atomic E-state index is 13.0. The molecule has 0 atom stereocenters. The molecule has 1 saturated carbocycles. The molecule has 0 radical (unpaired) electrons. The van der Waals surface area contributed by atoms with Crippen LogP contribution in [0.5, 0.6) is 5.88 Å². The van der Waals surface area contributed by atoms with Gasteiger partial charge in [0.15, 0.2) is 0 Å². The number of ether oxygens (including phenoxy) is 1. The van der Waals surface area contributed by atoms with Crippen molar-refractivity contribution >= 4 is 50.7 Å². The molecule has 3 aromatic heterocycles. The van der Waals surface area contributed by atoms with Crippen molar-refractivity contribution in [1.82, 2.24) is 15.0 Å². The first kappa shape index (κ1) is 19.6. The van der Waals surface area contributed by atoms with Gasteiger partial charge in [-0.05, 0) is 24.8 Å². The number of rotatable bonds is 4. The van der Waals surface area contributed by atoms with E-state index in [1.54, 1.807) is 0 Å². The van der Waals surface area contributed by atoms with Gasteiger partial charge >= 0.3 is 12.2 Å². The number of nitrogens with zero attached hydrogens (tertiary/aromatic N) is 3.